The molecule has 0 bridgehead atoms. The van der Waals surface area contributed by atoms with Crippen molar-refractivity contribution in [2.45, 2.75) is 40.0 Å². The molecule has 1 aliphatic carbocycles. The predicted octanol–water partition coefficient (Wildman–Crippen LogP) is 2.86. The van der Waals surface area contributed by atoms with Crippen LogP contribution in [0, 0.1) is 11.3 Å². The van der Waals surface area contributed by atoms with Gasteiger partial charge in [-0.25, -0.2) is 0 Å². The summed E-state index contributed by atoms with van der Waals surface area (Å²) in [6, 6.07) is 0. The fourth-order valence-corrected chi connectivity index (χ4v) is 2.64. The molecule has 0 saturated heterocycles. The SMILES string of the molecule is C=CCO/N=C(/CCC)C1=C(O)[C@@H](C(=O)O)C(C)(C)CC1=O. The molecule has 0 aromatic rings. The number of aliphatic hydroxyl groups is 1. The summed E-state index contributed by atoms with van der Waals surface area (Å²) in [5.74, 6) is -3.03. The summed E-state index contributed by atoms with van der Waals surface area (Å²) in [6.45, 7) is 8.87. The average molecular weight is 309 g/mol. The van der Waals surface area contributed by atoms with E-state index in [2.05, 4.69) is 11.7 Å². The number of carboxylic acid groups (broad SMARTS) is 1. The number of aliphatic carboxylic acids is 1. The molecule has 0 aromatic carbocycles. The van der Waals surface area contributed by atoms with E-state index in [1.807, 2.05) is 6.92 Å². The quantitative estimate of drug-likeness (QED) is 0.326. The van der Waals surface area contributed by atoms with E-state index < -0.39 is 23.1 Å². The van der Waals surface area contributed by atoms with Gasteiger partial charge in [-0.2, -0.15) is 0 Å². The van der Waals surface area contributed by atoms with Crippen molar-refractivity contribution in [3.63, 3.8) is 0 Å². The molecule has 0 heterocycles. The van der Waals surface area contributed by atoms with Gasteiger partial charge in [0, 0.05) is 6.42 Å². The summed E-state index contributed by atoms with van der Waals surface area (Å²) in [6.07, 6.45) is 2.64. The second kappa shape index (κ2) is 7.24. The lowest BCUT2D eigenvalue weighted by molar-refractivity contribution is -0.146. The second-order valence-electron chi connectivity index (χ2n) is 5.99. The van der Waals surface area contributed by atoms with Gasteiger partial charge in [-0.15, -0.1) is 0 Å². The van der Waals surface area contributed by atoms with Crippen molar-refractivity contribution in [2.75, 3.05) is 6.61 Å². The van der Waals surface area contributed by atoms with Crippen LogP contribution in [-0.4, -0.2) is 34.3 Å². The highest BCUT2D eigenvalue weighted by Gasteiger charge is 2.47. The van der Waals surface area contributed by atoms with Crippen LogP contribution in [0.3, 0.4) is 0 Å². The Morgan fingerprint density at radius 2 is 2.18 bits per heavy atom. The number of ketones is 1. The molecule has 122 valence electrons. The lowest BCUT2D eigenvalue weighted by atomic mass is 9.67. The molecule has 6 heteroatoms. The fraction of sp³-hybridized carbons (Fsp3) is 0.562. The molecule has 0 aliphatic heterocycles. The van der Waals surface area contributed by atoms with Crippen LogP contribution in [0.25, 0.3) is 0 Å². The molecule has 0 fully saturated rings. The maximum absolute atomic E-state index is 12.4. The summed E-state index contributed by atoms with van der Waals surface area (Å²) in [5, 5.41) is 23.6. The van der Waals surface area contributed by atoms with E-state index in [9.17, 15) is 19.8 Å². The number of rotatable bonds is 7. The molecule has 1 aliphatic rings. The Hall–Kier alpha value is -2.11. The summed E-state index contributed by atoms with van der Waals surface area (Å²) >= 11 is 0. The first kappa shape index (κ1) is 17.9. The Balaban J connectivity index is 3.34. The highest BCUT2D eigenvalue weighted by Crippen LogP contribution is 2.42. The molecular formula is C16H23NO5. The smallest absolute Gasteiger partial charge is 0.314 e. The van der Waals surface area contributed by atoms with Gasteiger partial charge in [-0.1, -0.05) is 45.0 Å². The molecule has 0 saturated carbocycles. The van der Waals surface area contributed by atoms with Crippen LogP contribution >= 0.6 is 0 Å². The molecule has 2 N–H and O–H groups in total. The summed E-state index contributed by atoms with van der Waals surface area (Å²) in [7, 11) is 0. The molecule has 1 rings (SSSR count). The van der Waals surface area contributed by atoms with Crippen molar-refractivity contribution < 1.29 is 24.6 Å². The Bertz CT molecular complexity index is 531. The third-order valence-electron chi connectivity index (χ3n) is 3.60. The van der Waals surface area contributed by atoms with Crippen LogP contribution in [0.5, 0.6) is 0 Å². The minimum Gasteiger partial charge on any atom is -0.511 e. The molecule has 0 unspecified atom stereocenters. The number of carbonyl (C=O) groups is 2. The Morgan fingerprint density at radius 1 is 1.55 bits per heavy atom. The number of allylic oxidation sites excluding steroid dienone is 1. The van der Waals surface area contributed by atoms with Crippen molar-refractivity contribution in [1.82, 2.24) is 0 Å². The molecule has 0 radical (unpaired) electrons. The summed E-state index contributed by atoms with van der Waals surface area (Å²) in [5.41, 5.74) is -0.582. The van der Waals surface area contributed by atoms with E-state index in [0.717, 1.165) is 0 Å². The van der Waals surface area contributed by atoms with Crippen LogP contribution in [0.2, 0.25) is 0 Å². The van der Waals surface area contributed by atoms with Gasteiger partial charge in [0.15, 0.2) is 5.78 Å². The fourth-order valence-electron chi connectivity index (χ4n) is 2.64. The van der Waals surface area contributed by atoms with Crippen molar-refractivity contribution in [3.05, 3.63) is 24.0 Å². The molecule has 0 aromatic heterocycles. The molecular weight excluding hydrogens is 286 g/mol. The molecule has 0 spiro atoms. The van der Waals surface area contributed by atoms with Gasteiger partial charge in [0.05, 0.1) is 11.3 Å². The van der Waals surface area contributed by atoms with E-state index in [0.29, 0.717) is 12.8 Å². The topological polar surface area (TPSA) is 96.2 Å². The predicted molar refractivity (Wildman–Crippen MR) is 82.7 cm³/mol. The number of hydrogen-bond acceptors (Lipinski definition) is 5. The lowest BCUT2D eigenvalue weighted by Crippen LogP contribution is -2.41. The van der Waals surface area contributed by atoms with E-state index in [1.165, 1.54) is 6.08 Å². The van der Waals surface area contributed by atoms with E-state index >= 15 is 0 Å². The van der Waals surface area contributed by atoms with Crippen LogP contribution in [0.1, 0.15) is 40.0 Å². The maximum Gasteiger partial charge on any atom is 0.314 e. The van der Waals surface area contributed by atoms with Crippen LogP contribution in [0.15, 0.2) is 29.1 Å². The number of oxime groups is 1. The zero-order valence-electron chi connectivity index (χ0n) is 13.3. The molecule has 22 heavy (non-hydrogen) atoms. The van der Waals surface area contributed by atoms with Crippen LogP contribution in [0.4, 0.5) is 0 Å². The third-order valence-corrected chi connectivity index (χ3v) is 3.60. The van der Waals surface area contributed by atoms with Gasteiger partial charge >= 0.3 is 5.97 Å². The first-order valence-corrected chi connectivity index (χ1v) is 7.25. The van der Waals surface area contributed by atoms with Gasteiger partial charge in [0.1, 0.15) is 18.3 Å². The summed E-state index contributed by atoms with van der Waals surface area (Å²) < 4.78 is 0. The van der Waals surface area contributed by atoms with Gasteiger partial charge in [-0.3, -0.25) is 9.59 Å². The number of carboxylic acids is 1. The van der Waals surface area contributed by atoms with E-state index in [4.69, 9.17) is 4.84 Å². The second-order valence-corrected chi connectivity index (χ2v) is 5.99. The van der Waals surface area contributed by atoms with Gasteiger partial charge < -0.3 is 15.1 Å². The Labute approximate surface area is 130 Å². The first-order chi connectivity index (χ1) is 10.3. The zero-order chi connectivity index (χ0) is 16.9. The normalized spacial score (nSPS) is 21.7. The maximum atomic E-state index is 12.4. The molecule has 6 nitrogen and oxygen atoms in total. The van der Waals surface area contributed by atoms with Crippen molar-refractivity contribution >= 4 is 17.5 Å². The van der Waals surface area contributed by atoms with Crippen molar-refractivity contribution in [1.29, 1.82) is 0 Å². The minimum atomic E-state index is -1.16. The lowest BCUT2D eigenvalue weighted by Gasteiger charge is -2.35. The number of hydrogen-bond donors (Lipinski definition) is 2. The summed E-state index contributed by atoms with van der Waals surface area (Å²) in [4.78, 5) is 28.9. The minimum absolute atomic E-state index is 0.0161. The number of aliphatic hydroxyl groups excluding tert-OH is 1. The monoisotopic (exact) mass is 309 g/mol. The highest BCUT2D eigenvalue weighted by atomic mass is 16.6. The highest BCUT2D eigenvalue weighted by molar-refractivity contribution is 6.23. The van der Waals surface area contributed by atoms with Crippen molar-refractivity contribution in [2.24, 2.45) is 16.5 Å². The number of Topliss-reactive ketones (excluding diaryl/α,β-unsaturated/α-hetero) is 1. The average Bonchev–Trinajstić information content (AvgIpc) is 2.36. The zero-order valence-corrected chi connectivity index (χ0v) is 13.3. The van der Waals surface area contributed by atoms with Crippen molar-refractivity contribution in [3.8, 4) is 0 Å². The van der Waals surface area contributed by atoms with Gasteiger partial charge in [-0.05, 0) is 11.8 Å². The third kappa shape index (κ3) is 3.75. The number of carbonyl (C=O) groups excluding carboxylic acids is 1. The van der Waals surface area contributed by atoms with E-state index in [-0.39, 0.29) is 30.1 Å². The number of nitrogens with zero attached hydrogens (tertiary/aromatic N) is 1. The molecule has 0 amide bonds. The Kier molecular flexibility index (Phi) is 5.91. The Morgan fingerprint density at radius 3 is 2.68 bits per heavy atom. The molecule has 1 atom stereocenters. The van der Waals surface area contributed by atoms with Crippen LogP contribution in [-0.2, 0) is 14.4 Å². The standard InChI is InChI=1S/C16H23NO5/c1-5-7-10(17-22-8-6-2)12-11(18)9-16(3,4)13(14(12)19)15(20)21/h6,13,19H,2,5,7-9H2,1,3-4H3,(H,20,21)/b17-10-/t13-/m0/s1. The van der Waals surface area contributed by atoms with Gasteiger partial charge in [0.2, 0.25) is 0 Å². The first-order valence-electron chi connectivity index (χ1n) is 7.25. The largest absolute Gasteiger partial charge is 0.511 e. The van der Waals surface area contributed by atoms with Gasteiger partial charge in [0.25, 0.3) is 0 Å². The van der Waals surface area contributed by atoms with E-state index in [1.54, 1.807) is 13.8 Å². The van der Waals surface area contributed by atoms with Crippen LogP contribution < -0.4 is 0 Å².